The van der Waals surface area contributed by atoms with Crippen molar-refractivity contribution in [2.45, 2.75) is 65.0 Å². The third-order valence-corrected chi connectivity index (χ3v) is 6.73. The second-order valence-electron chi connectivity index (χ2n) is 8.03. The molecular weight excluding hydrogens is 328 g/mol. The van der Waals surface area contributed by atoms with E-state index in [0.29, 0.717) is 30.0 Å². The molecule has 3 fully saturated rings. The van der Waals surface area contributed by atoms with Gasteiger partial charge in [-0.05, 0) is 40.0 Å². The SMILES string of the molecule is CCN=C(NC1C2CCOC2C12CCCC2)N(C)CC(=O)N(CC)CC. The van der Waals surface area contributed by atoms with Crippen LogP contribution < -0.4 is 5.32 Å². The van der Waals surface area contributed by atoms with Crippen molar-refractivity contribution >= 4 is 11.9 Å². The average Bonchev–Trinajstić information content (AvgIpc) is 3.28. The molecule has 6 heteroatoms. The number of hydrogen-bond acceptors (Lipinski definition) is 3. The summed E-state index contributed by atoms with van der Waals surface area (Å²) in [6.45, 7) is 9.60. The molecule has 1 amide bonds. The smallest absolute Gasteiger partial charge is 0.242 e. The van der Waals surface area contributed by atoms with Crippen LogP contribution in [0.1, 0.15) is 52.9 Å². The lowest BCUT2D eigenvalue weighted by atomic mass is 9.54. The van der Waals surface area contributed by atoms with Crippen molar-refractivity contribution in [2.24, 2.45) is 16.3 Å². The van der Waals surface area contributed by atoms with Gasteiger partial charge in [0.25, 0.3) is 0 Å². The lowest BCUT2D eigenvalue weighted by molar-refractivity contribution is -0.131. The number of likely N-dealkylation sites (N-methyl/N-ethyl adjacent to an activating group) is 2. The Morgan fingerprint density at radius 3 is 2.54 bits per heavy atom. The molecule has 0 radical (unpaired) electrons. The second-order valence-corrected chi connectivity index (χ2v) is 8.03. The van der Waals surface area contributed by atoms with E-state index in [2.05, 4.69) is 12.2 Å². The van der Waals surface area contributed by atoms with E-state index >= 15 is 0 Å². The van der Waals surface area contributed by atoms with Gasteiger partial charge >= 0.3 is 0 Å². The van der Waals surface area contributed by atoms with Crippen LogP contribution >= 0.6 is 0 Å². The quantitative estimate of drug-likeness (QED) is 0.579. The van der Waals surface area contributed by atoms with Crippen LogP contribution in [-0.2, 0) is 9.53 Å². The summed E-state index contributed by atoms with van der Waals surface area (Å²) in [5.41, 5.74) is 0.291. The zero-order valence-corrected chi connectivity index (χ0v) is 17.0. The van der Waals surface area contributed by atoms with Gasteiger partial charge in [0.05, 0.1) is 12.6 Å². The number of fused-ring (bicyclic) bond motifs is 2. The summed E-state index contributed by atoms with van der Waals surface area (Å²) >= 11 is 0. The highest BCUT2D eigenvalue weighted by atomic mass is 16.5. The van der Waals surface area contributed by atoms with Crippen molar-refractivity contribution in [3.8, 4) is 0 Å². The highest BCUT2D eigenvalue weighted by Gasteiger charge is 2.65. The molecule has 2 saturated carbocycles. The third kappa shape index (κ3) is 3.32. The van der Waals surface area contributed by atoms with E-state index in [4.69, 9.17) is 9.73 Å². The minimum atomic E-state index is 0.161. The number of carbonyl (C=O) groups excluding carboxylic acids is 1. The van der Waals surface area contributed by atoms with Crippen molar-refractivity contribution < 1.29 is 9.53 Å². The van der Waals surface area contributed by atoms with Gasteiger partial charge in [0.15, 0.2) is 5.96 Å². The maximum atomic E-state index is 12.5. The van der Waals surface area contributed by atoms with E-state index in [1.807, 2.05) is 30.7 Å². The summed E-state index contributed by atoms with van der Waals surface area (Å²) in [5, 5.41) is 3.76. The van der Waals surface area contributed by atoms with E-state index in [1.54, 1.807) is 0 Å². The molecule has 3 rings (SSSR count). The molecule has 3 aliphatic rings. The number of amides is 1. The van der Waals surface area contributed by atoms with Gasteiger partial charge in [0.2, 0.25) is 5.91 Å². The van der Waals surface area contributed by atoms with Crippen LogP contribution in [0.25, 0.3) is 0 Å². The van der Waals surface area contributed by atoms with Crippen LogP contribution in [0.5, 0.6) is 0 Å². The maximum Gasteiger partial charge on any atom is 0.242 e. The van der Waals surface area contributed by atoms with Crippen LogP contribution in [0.15, 0.2) is 4.99 Å². The van der Waals surface area contributed by atoms with Crippen molar-refractivity contribution in [3.63, 3.8) is 0 Å². The summed E-state index contributed by atoms with van der Waals surface area (Å²) in [4.78, 5) is 21.1. The summed E-state index contributed by atoms with van der Waals surface area (Å²) in [5.74, 6) is 1.63. The van der Waals surface area contributed by atoms with E-state index < -0.39 is 0 Å². The second kappa shape index (κ2) is 8.15. The van der Waals surface area contributed by atoms with Gasteiger partial charge in [0.1, 0.15) is 0 Å². The monoisotopic (exact) mass is 364 g/mol. The average molecular weight is 365 g/mol. The summed E-state index contributed by atoms with van der Waals surface area (Å²) in [6, 6.07) is 0.439. The molecule has 3 unspecified atom stereocenters. The van der Waals surface area contributed by atoms with Crippen LogP contribution in [0.2, 0.25) is 0 Å². The van der Waals surface area contributed by atoms with E-state index in [9.17, 15) is 4.79 Å². The van der Waals surface area contributed by atoms with E-state index in [-0.39, 0.29) is 5.91 Å². The Bertz CT molecular complexity index is 526. The number of rotatable bonds is 6. The first kappa shape index (κ1) is 19.5. The van der Waals surface area contributed by atoms with Crippen LogP contribution in [-0.4, -0.2) is 73.6 Å². The lowest BCUT2D eigenvalue weighted by Gasteiger charge is -2.57. The van der Waals surface area contributed by atoms with Crippen molar-refractivity contribution in [1.82, 2.24) is 15.1 Å². The molecule has 0 aromatic heterocycles. The number of guanidine groups is 1. The zero-order valence-electron chi connectivity index (χ0n) is 17.0. The molecular formula is C20H36N4O2. The minimum absolute atomic E-state index is 0.161. The van der Waals surface area contributed by atoms with Gasteiger partial charge in [0, 0.05) is 50.7 Å². The largest absolute Gasteiger partial charge is 0.377 e. The molecule has 2 aliphatic carbocycles. The zero-order chi connectivity index (χ0) is 18.7. The van der Waals surface area contributed by atoms with Gasteiger partial charge in [-0.25, -0.2) is 0 Å². The molecule has 1 spiro atoms. The third-order valence-electron chi connectivity index (χ3n) is 6.73. The lowest BCUT2D eigenvalue weighted by Crippen LogP contribution is -2.69. The van der Waals surface area contributed by atoms with Gasteiger partial charge in [-0.15, -0.1) is 0 Å². The molecule has 0 aromatic rings. The highest BCUT2D eigenvalue weighted by Crippen LogP contribution is 2.60. The number of ether oxygens (including phenoxy) is 1. The minimum Gasteiger partial charge on any atom is -0.377 e. The number of nitrogens with zero attached hydrogens (tertiary/aromatic N) is 3. The topological polar surface area (TPSA) is 57.2 Å². The first-order valence-corrected chi connectivity index (χ1v) is 10.5. The van der Waals surface area contributed by atoms with Crippen LogP contribution in [0.3, 0.4) is 0 Å². The molecule has 3 atom stereocenters. The summed E-state index contributed by atoms with van der Waals surface area (Å²) in [7, 11) is 1.98. The Morgan fingerprint density at radius 2 is 1.92 bits per heavy atom. The number of nitrogens with one attached hydrogen (secondary N) is 1. The summed E-state index contributed by atoms with van der Waals surface area (Å²) < 4.78 is 6.09. The fraction of sp³-hybridized carbons (Fsp3) is 0.900. The number of aliphatic imine (C=N–C) groups is 1. The Balaban J connectivity index is 1.68. The predicted octanol–water partition coefficient (Wildman–Crippen LogP) is 2.10. The molecule has 1 aliphatic heterocycles. The Morgan fingerprint density at radius 1 is 1.23 bits per heavy atom. The van der Waals surface area contributed by atoms with Crippen LogP contribution in [0.4, 0.5) is 0 Å². The molecule has 1 heterocycles. The normalized spacial score (nSPS) is 29.4. The van der Waals surface area contributed by atoms with Crippen molar-refractivity contribution in [3.05, 3.63) is 0 Å². The highest BCUT2D eigenvalue weighted by molar-refractivity contribution is 5.86. The Labute approximate surface area is 158 Å². The van der Waals surface area contributed by atoms with Gasteiger partial charge < -0.3 is 19.9 Å². The first-order chi connectivity index (χ1) is 12.6. The number of carbonyl (C=O) groups is 1. The standard InChI is InChI=1S/C20H36N4O2/c1-5-21-19(23(4)14-16(25)24(6-2)7-3)22-17-15-10-13-26-18(15)20(17)11-8-9-12-20/h15,17-18H,5-14H2,1-4H3,(H,21,22). The van der Waals surface area contributed by atoms with E-state index in [0.717, 1.165) is 38.6 Å². The first-order valence-electron chi connectivity index (χ1n) is 10.5. The van der Waals surface area contributed by atoms with E-state index in [1.165, 1.54) is 25.7 Å². The van der Waals surface area contributed by atoms with Crippen LogP contribution in [0, 0.1) is 11.3 Å². The molecule has 26 heavy (non-hydrogen) atoms. The van der Waals surface area contributed by atoms with Crippen molar-refractivity contribution in [2.75, 3.05) is 39.8 Å². The fourth-order valence-corrected chi connectivity index (χ4v) is 5.42. The predicted molar refractivity (Wildman–Crippen MR) is 104 cm³/mol. The summed E-state index contributed by atoms with van der Waals surface area (Å²) in [6.07, 6.45) is 6.71. The van der Waals surface area contributed by atoms with Gasteiger partial charge in [-0.1, -0.05) is 12.8 Å². The molecule has 6 nitrogen and oxygen atoms in total. The fourth-order valence-electron chi connectivity index (χ4n) is 5.42. The van der Waals surface area contributed by atoms with Gasteiger partial charge in [-0.2, -0.15) is 0 Å². The molecule has 1 saturated heterocycles. The Hall–Kier alpha value is -1.30. The molecule has 148 valence electrons. The molecule has 1 N–H and O–H groups in total. The van der Waals surface area contributed by atoms with Crippen molar-refractivity contribution in [1.29, 1.82) is 0 Å². The molecule has 0 aromatic carbocycles. The van der Waals surface area contributed by atoms with Gasteiger partial charge in [-0.3, -0.25) is 9.79 Å². The number of hydrogen-bond donors (Lipinski definition) is 1. The Kier molecular flexibility index (Phi) is 6.10. The molecule has 0 bridgehead atoms. The maximum absolute atomic E-state index is 12.5.